The molecule has 144 valence electrons. The number of carbonyl (C=O) groups is 3. The molecule has 0 atom stereocenters. The van der Waals surface area contributed by atoms with E-state index >= 15 is 0 Å². The van der Waals surface area contributed by atoms with Crippen molar-refractivity contribution in [1.82, 2.24) is 10.9 Å². The van der Waals surface area contributed by atoms with Crippen molar-refractivity contribution in [3.05, 3.63) is 65.2 Å². The van der Waals surface area contributed by atoms with Crippen molar-refractivity contribution in [2.24, 2.45) is 0 Å². The maximum Gasteiger partial charge on any atom is 0.276 e. The van der Waals surface area contributed by atoms with Crippen LogP contribution in [0.15, 0.2) is 48.5 Å². The van der Waals surface area contributed by atoms with Crippen molar-refractivity contribution >= 4 is 17.6 Å². The number of Topliss-reactive ketones (excluding diaryl/α,β-unsaturated/α-hetero) is 1. The van der Waals surface area contributed by atoms with Crippen LogP contribution in [0.3, 0.4) is 0 Å². The van der Waals surface area contributed by atoms with E-state index in [-0.39, 0.29) is 25.2 Å². The molecule has 28 heavy (non-hydrogen) atoms. The molecule has 0 aliphatic carbocycles. The lowest BCUT2D eigenvalue weighted by Gasteiger charge is -2.09. The van der Waals surface area contributed by atoms with Crippen LogP contribution in [-0.4, -0.2) is 24.2 Å². The second kappa shape index (κ2) is 10.5. The van der Waals surface area contributed by atoms with Gasteiger partial charge in [0.1, 0.15) is 5.75 Å². The maximum atomic E-state index is 12.1. The summed E-state index contributed by atoms with van der Waals surface area (Å²) in [4.78, 5) is 35.6. The Morgan fingerprint density at radius 1 is 0.929 bits per heavy atom. The minimum Gasteiger partial charge on any atom is -0.484 e. The molecule has 0 saturated carbocycles. The van der Waals surface area contributed by atoms with Crippen LogP contribution in [0, 0.1) is 11.3 Å². The molecule has 2 N–H and O–H groups in total. The van der Waals surface area contributed by atoms with Crippen molar-refractivity contribution in [3.8, 4) is 11.8 Å². The summed E-state index contributed by atoms with van der Waals surface area (Å²) in [7, 11) is 0. The highest BCUT2D eigenvalue weighted by atomic mass is 16.5. The third kappa shape index (κ3) is 6.57. The van der Waals surface area contributed by atoms with Gasteiger partial charge in [-0.25, -0.2) is 0 Å². The summed E-state index contributed by atoms with van der Waals surface area (Å²) in [5, 5.41) is 8.72. The van der Waals surface area contributed by atoms with Crippen LogP contribution in [0.2, 0.25) is 0 Å². The van der Waals surface area contributed by atoms with Gasteiger partial charge < -0.3 is 4.74 Å². The molecule has 0 unspecified atom stereocenters. The third-order valence-corrected chi connectivity index (χ3v) is 3.96. The summed E-state index contributed by atoms with van der Waals surface area (Å²) in [6.07, 6.45) is 0.908. The lowest BCUT2D eigenvalue weighted by Crippen LogP contribution is -2.43. The first-order valence-electron chi connectivity index (χ1n) is 8.84. The average Bonchev–Trinajstić information content (AvgIpc) is 2.74. The van der Waals surface area contributed by atoms with Gasteiger partial charge >= 0.3 is 0 Å². The highest BCUT2D eigenvalue weighted by molar-refractivity contribution is 5.98. The van der Waals surface area contributed by atoms with E-state index in [0.717, 1.165) is 12.0 Å². The Hall–Kier alpha value is -3.66. The van der Waals surface area contributed by atoms with Crippen LogP contribution >= 0.6 is 0 Å². The van der Waals surface area contributed by atoms with Crippen molar-refractivity contribution in [3.63, 3.8) is 0 Å². The van der Waals surface area contributed by atoms with E-state index in [1.165, 1.54) is 0 Å². The summed E-state index contributed by atoms with van der Waals surface area (Å²) in [6.45, 7) is 1.74. The monoisotopic (exact) mass is 379 g/mol. The predicted molar refractivity (Wildman–Crippen MR) is 102 cm³/mol. The zero-order chi connectivity index (χ0) is 20.4. The van der Waals surface area contributed by atoms with E-state index < -0.39 is 11.8 Å². The number of nitriles is 1. The minimum absolute atomic E-state index is 0.0366. The number of rotatable bonds is 8. The highest BCUT2D eigenvalue weighted by Gasteiger charge is 2.10. The van der Waals surface area contributed by atoms with Crippen LogP contribution in [0.4, 0.5) is 0 Å². The van der Waals surface area contributed by atoms with Crippen molar-refractivity contribution in [2.45, 2.75) is 26.2 Å². The van der Waals surface area contributed by atoms with Gasteiger partial charge in [0.05, 0.1) is 11.6 Å². The smallest absolute Gasteiger partial charge is 0.276 e. The fourth-order valence-corrected chi connectivity index (χ4v) is 2.31. The van der Waals surface area contributed by atoms with Gasteiger partial charge in [-0.3, -0.25) is 25.2 Å². The lowest BCUT2D eigenvalue weighted by atomic mass is 10.0. The maximum absolute atomic E-state index is 12.1. The quantitative estimate of drug-likeness (QED) is 0.540. The molecule has 0 aromatic heterocycles. The molecule has 2 aromatic carbocycles. The molecule has 7 heteroatoms. The van der Waals surface area contributed by atoms with Gasteiger partial charge in [0.15, 0.2) is 12.4 Å². The van der Waals surface area contributed by atoms with Crippen molar-refractivity contribution in [2.75, 3.05) is 6.61 Å². The number of aryl methyl sites for hydroxylation is 1. The highest BCUT2D eigenvalue weighted by Crippen LogP contribution is 2.11. The molecule has 0 bridgehead atoms. The Morgan fingerprint density at radius 2 is 1.57 bits per heavy atom. The SMILES string of the molecule is CCc1ccc(C(=O)CCC(=O)NNC(=O)COc2ccc(C#N)cc2)cc1. The van der Waals surface area contributed by atoms with E-state index in [1.54, 1.807) is 36.4 Å². The molecule has 0 saturated heterocycles. The number of carbonyl (C=O) groups excluding carboxylic acids is 3. The van der Waals surface area contributed by atoms with Gasteiger partial charge in [0.2, 0.25) is 5.91 Å². The van der Waals surface area contributed by atoms with Crippen LogP contribution in [0.25, 0.3) is 0 Å². The normalized spacial score (nSPS) is 9.86. The predicted octanol–water partition coefficient (Wildman–Crippen LogP) is 2.31. The number of ether oxygens (including phenoxy) is 1. The first kappa shape index (κ1) is 20.6. The Bertz CT molecular complexity index is 868. The molecule has 0 aliphatic heterocycles. The first-order valence-corrected chi connectivity index (χ1v) is 8.84. The fourth-order valence-electron chi connectivity index (χ4n) is 2.31. The Labute approximate surface area is 163 Å². The molecule has 2 amide bonds. The van der Waals surface area contributed by atoms with Gasteiger partial charge in [-0.05, 0) is 36.2 Å². The summed E-state index contributed by atoms with van der Waals surface area (Å²) >= 11 is 0. The summed E-state index contributed by atoms with van der Waals surface area (Å²) < 4.78 is 5.25. The Morgan fingerprint density at radius 3 is 2.18 bits per heavy atom. The van der Waals surface area contributed by atoms with Gasteiger partial charge in [0, 0.05) is 18.4 Å². The van der Waals surface area contributed by atoms with Gasteiger partial charge in [0.25, 0.3) is 5.91 Å². The topological polar surface area (TPSA) is 108 Å². The van der Waals surface area contributed by atoms with Crippen LogP contribution in [-0.2, 0) is 16.0 Å². The van der Waals surface area contributed by atoms with E-state index in [4.69, 9.17) is 10.00 Å². The lowest BCUT2D eigenvalue weighted by molar-refractivity contribution is -0.130. The first-order chi connectivity index (χ1) is 13.5. The van der Waals surface area contributed by atoms with E-state index in [1.807, 2.05) is 25.1 Å². The van der Waals surface area contributed by atoms with Gasteiger partial charge in [-0.2, -0.15) is 5.26 Å². The number of hydrogen-bond acceptors (Lipinski definition) is 5. The summed E-state index contributed by atoms with van der Waals surface area (Å²) in [6, 6.07) is 15.6. The van der Waals surface area contributed by atoms with Crippen LogP contribution in [0.1, 0.15) is 41.3 Å². The van der Waals surface area contributed by atoms with Crippen LogP contribution < -0.4 is 15.6 Å². The molecule has 2 aromatic rings. The summed E-state index contributed by atoms with van der Waals surface area (Å²) in [5.41, 5.74) is 6.66. The average molecular weight is 379 g/mol. The molecule has 2 rings (SSSR count). The zero-order valence-electron chi connectivity index (χ0n) is 15.5. The Balaban J connectivity index is 1.67. The van der Waals surface area contributed by atoms with E-state index in [9.17, 15) is 14.4 Å². The molecule has 0 heterocycles. The number of ketones is 1. The zero-order valence-corrected chi connectivity index (χ0v) is 15.5. The molecule has 0 spiro atoms. The third-order valence-electron chi connectivity index (χ3n) is 3.96. The number of hydrazine groups is 1. The number of hydrogen-bond donors (Lipinski definition) is 2. The summed E-state index contributed by atoms with van der Waals surface area (Å²) in [5.74, 6) is -0.710. The minimum atomic E-state index is -0.542. The van der Waals surface area contributed by atoms with Crippen molar-refractivity contribution in [1.29, 1.82) is 5.26 Å². The standard InChI is InChI=1S/C21H21N3O4/c1-2-15-3-7-17(8-4-15)19(25)11-12-20(26)23-24-21(27)14-28-18-9-5-16(13-22)6-10-18/h3-10H,2,11-12,14H2,1H3,(H,23,26)(H,24,27). The van der Waals surface area contributed by atoms with Crippen molar-refractivity contribution < 1.29 is 19.1 Å². The van der Waals surface area contributed by atoms with Crippen LogP contribution in [0.5, 0.6) is 5.75 Å². The van der Waals surface area contributed by atoms with Gasteiger partial charge in [-0.1, -0.05) is 31.2 Å². The molecular formula is C21H21N3O4. The molecule has 0 fully saturated rings. The second-order valence-corrected chi connectivity index (χ2v) is 5.99. The Kier molecular flexibility index (Phi) is 7.73. The molecular weight excluding hydrogens is 358 g/mol. The van der Waals surface area contributed by atoms with E-state index in [0.29, 0.717) is 16.9 Å². The number of nitrogens with zero attached hydrogens (tertiary/aromatic N) is 1. The molecule has 7 nitrogen and oxygen atoms in total. The van der Waals surface area contributed by atoms with E-state index in [2.05, 4.69) is 10.9 Å². The molecule has 0 aliphatic rings. The number of amides is 2. The fraction of sp³-hybridized carbons (Fsp3) is 0.238. The second-order valence-electron chi connectivity index (χ2n) is 5.99. The van der Waals surface area contributed by atoms with Gasteiger partial charge in [-0.15, -0.1) is 0 Å². The number of nitrogens with one attached hydrogen (secondary N) is 2. The number of benzene rings is 2. The molecule has 0 radical (unpaired) electrons. The largest absolute Gasteiger partial charge is 0.484 e.